The van der Waals surface area contributed by atoms with E-state index in [0.29, 0.717) is 0 Å². The Hall–Kier alpha value is -0.250. The Kier molecular flexibility index (Phi) is 3.48. The highest BCUT2D eigenvalue weighted by molar-refractivity contribution is 9.10. The second-order valence-corrected chi connectivity index (χ2v) is 5.59. The maximum absolute atomic E-state index is 6.31. The Morgan fingerprint density at radius 3 is 2.81 bits per heavy atom. The van der Waals surface area contributed by atoms with E-state index in [2.05, 4.69) is 34.2 Å². The molecule has 4 heteroatoms. The molecule has 2 rings (SSSR count). The van der Waals surface area contributed by atoms with Gasteiger partial charge >= 0.3 is 0 Å². The largest absolute Gasteiger partial charge is 0.496 e. The zero-order valence-corrected chi connectivity index (χ0v) is 11.8. The summed E-state index contributed by atoms with van der Waals surface area (Å²) in [6, 6.07) is 3.92. The van der Waals surface area contributed by atoms with Gasteiger partial charge in [0.1, 0.15) is 5.75 Å². The van der Waals surface area contributed by atoms with Gasteiger partial charge in [0.2, 0.25) is 0 Å². The molecule has 2 nitrogen and oxygen atoms in total. The van der Waals surface area contributed by atoms with Crippen molar-refractivity contribution >= 4 is 27.5 Å². The quantitative estimate of drug-likeness (QED) is 0.899. The van der Waals surface area contributed by atoms with Crippen molar-refractivity contribution in [1.29, 1.82) is 0 Å². The smallest absolute Gasteiger partial charge is 0.134 e. The Morgan fingerprint density at radius 1 is 1.50 bits per heavy atom. The molecule has 0 aliphatic carbocycles. The van der Waals surface area contributed by atoms with E-state index in [1.807, 2.05) is 6.07 Å². The minimum Gasteiger partial charge on any atom is -0.496 e. The molecule has 1 N–H and O–H groups in total. The lowest BCUT2D eigenvalue weighted by Gasteiger charge is -2.26. The zero-order valence-electron chi connectivity index (χ0n) is 9.44. The molecule has 1 aliphatic heterocycles. The maximum Gasteiger partial charge on any atom is 0.134 e. The number of benzene rings is 1. The molecule has 1 heterocycles. The van der Waals surface area contributed by atoms with E-state index in [-0.39, 0.29) is 5.54 Å². The molecule has 0 spiro atoms. The first-order chi connectivity index (χ1) is 7.57. The maximum atomic E-state index is 6.31. The fourth-order valence-electron chi connectivity index (χ4n) is 2.23. The minimum absolute atomic E-state index is 0.00806. The van der Waals surface area contributed by atoms with Crippen LogP contribution >= 0.6 is 27.5 Å². The highest BCUT2D eigenvalue weighted by atomic mass is 79.9. The van der Waals surface area contributed by atoms with Crippen LogP contribution in [-0.2, 0) is 5.54 Å². The van der Waals surface area contributed by atoms with Crippen molar-refractivity contribution in [2.24, 2.45) is 0 Å². The van der Waals surface area contributed by atoms with Crippen LogP contribution in [0.25, 0.3) is 0 Å². The van der Waals surface area contributed by atoms with Crippen LogP contribution in [-0.4, -0.2) is 13.7 Å². The second kappa shape index (κ2) is 4.55. The molecule has 88 valence electrons. The predicted molar refractivity (Wildman–Crippen MR) is 70.3 cm³/mol. The first-order valence-electron chi connectivity index (χ1n) is 5.35. The van der Waals surface area contributed by atoms with Crippen LogP contribution in [0.2, 0.25) is 5.02 Å². The third-order valence-electron chi connectivity index (χ3n) is 3.20. The van der Waals surface area contributed by atoms with Crippen molar-refractivity contribution in [2.45, 2.75) is 25.3 Å². The molecule has 1 saturated heterocycles. The first-order valence-corrected chi connectivity index (χ1v) is 6.52. The van der Waals surface area contributed by atoms with Gasteiger partial charge in [0.15, 0.2) is 0 Å². The summed E-state index contributed by atoms with van der Waals surface area (Å²) in [6.07, 6.45) is 2.31. The van der Waals surface area contributed by atoms with Gasteiger partial charge in [-0.05, 0) is 53.9 Å². The molecule has 1 aromatic carbocycles. The van der Waals surface area contributed by atoms with Crippen LogP contribution in [0, 0.1) is 0 Å². The van der Waals surface area contributed by atoms with Crippen LogP contribution in [0.3, 0.4) is 0 Å². The predicted octanol–water partition coefficient (Wildman–Crippen LogP) is 3.71. The number of rotatable bonds is 2. The number of hydrogen-bond donors (Lipinski definition) is 1. The second-order valence-electron chi connectivity index (χ2n) is 4.33. The molecule has 1 fully saturated rings. The Labute approximate surface area is 109 Å². The standard InChI is InChI=1S/C12H15BrClNO/c1-12(4-3-5-15-12)8-6-9(13)11(16-2)7-10(8)14/h6-7,15H,3-5H2,1-2H3. The van der Waals surface area contributed by atoms with Crippen molar-refractivity contribution in [3.05, 3.63) is 27.2 Å². The molecule has 1 aromatic rings. The van der Waals surface area contributed by atoms with Gasteiger partial charge in [0.05, 0.1) is 11.6 Å². The molecule has 1 aliphatic rings. The van der Waals surface area contributed by atoms with Crippen LogP contribution < -0.4 is 10.1 Å². The van der Waals surface area contributed by atoms with E-state index in [0.717, 1.165) is 33.8 Å². The summed E-state index contributed by atoms with van der Waals surface area (Å²) >= 11 is 9.81. The summed E-state index contributed by atoms with van der Waals surface area (Å²) < 4.78 is 6.17. The van der Waals surface area contributed by atoms with Gasteiger partial charge in [-0.25, -0.2) is 0 Å². The van der Waals surface area contributed by atoms with Gasteiger partial charge in [-0.1, -0.05) is 11.6 Å². The number of nitrogens with one attached hydrogen (secondary N) is 1. The third-order valence-corrected chi connectivity index (χ3v) is 4.14. The normalized spacial score (nSPS) is 24.8. The summed E-state index contributed by atoms with van der Waals surface area (Å²) in [7, 11) is 1.64. The van der Waals surface area contributed by atoms with Crippen LogP contribution in [0.5, 0.6) is 5.75 Å². The summed E-state index contributed by atoms with van der Waals surface area (Å²) in [5, 5.41) is 4.27. The summed E-state index contributed by atoms with van der Waals surface area (Å²) in [5.74, 6) is 0.773. The van der Waals surface area contributed by atoms with E-state index in [1.165, 1.54) is 6.42 Å². The lowest BCUT2D eigenvalue weighted by Crippen LogP contribution is -2.33. The Bertz CT molecular complexity index is 402. The SMILES string of the molecule is COc1cc(Cl)c(C2(C)CCCN2)cc1Br. The average molecular weight is 305 g/mol. The highest BCUT2D eigenvalue weighted by Gasteiger charge is 2.32. The van der Waals surface area contributed by atoms with Gasteiger partial charge < -0.3 is 10.1 Å². The van der Waals surface area contributed by atoms with Gasteiger partial charge in [-0.2, -0.15) is 0 Å². The lowest BCUT2D eigenvalue weighted by atomic mass is 9.90. The minimum atomic E-state index is -0.00806. The summed E-state index contributed by atoms with van der Waals surface area (Å²) in [5.41, 5.74) is 1.13. The molecule has 0 radical (unpaired) electrons. The Balaban J connectivity index is 2.45. The number of methoxy groups -OCH3 is 1. The van der Waals surface area contributed by atoms with Crippen LogP contribution in [0.4, 0.5) is 0 Å². The average Bonchev–Trinajstić information content (AvgIpc) is 2.69. The van der Waals surface area contributed by atoms with Gasteiger partial charge in [0, 0.05) is 16.6 Å². The number of hydrogen-bond acceptors (Lipinski definition) is 2. The van der Waals surface area contributed by atoms with Crippen molar-refractivity contribution in [2.75, 3.05) is 13.7 Å². The third kappa shape index (κ3) is 2.08. The number of halogens is 2. The van der Waals surface area contributed by atoms with E-state index >= 15 is 0 Å². The van der Waals surface area contributed by atoms with E-state index in [1.54, 1.807) is 7.11 Å². The van der Waals surface area contributed by atoms with E-state index in [9.17, 15) is 0 Å². The van der Waals surface area contributed by atoms with Crippen molar-refractivity contribution < 1.29 is 4.74 Å². The van der Waals surface area contributed by atoms with Gasteiger partial charge in [-0.15, -0.1) is 0 Å². The van der Waals surface area contributed by atoms with Crippen LogP contribution in [0.15, 0.2) is 16.6 Å². The van der Waals surface area contributed by atoms with E-state index < -0.39 is 0 Å². The summed E-state index contributed by atoms with van der Waals surface area (Å²) in [6.45, 7) is 3.25. The van der Waals surface area contributed by atoms with E-state index in [4.69, 9.17) is 16.3 Å². The Morgan fingerprint density at radius 2 is 2.25 bits per heavy atom. The molecule has 0 saturated carbocycles. The highest BCUT2D eigenvalue weighted by Crippen LogP contribution is 2.39. The van der Waals surface area contributed by atoms with Crippen molar-refractivity contribution in [1.82, 2.24) is 5.32 Å². The lowest BCUT2D eigenvalue weighted by molar-refractivity contribution is 0.408. The molecule has 0 bridgehead atoms. The fraction of sp³-hybridized carbons (Fsp3) is 0.500. The monoisotopic (exact) mass is 303 g/mol. The molecule has 0 aromatic heterocycles. The van der Waals surface area contributed by atoms with Crippen molar-refractivity contribution in [3.63, 3.8) is 0 Å². The van der Waals surface area contributed by atoms with Crippen LogP contribution in [0.1, 0.15) is 25.3 Å². The van der Waals surface area contributed by atoms with Gasteiger partial charge in [-0.3, -0.25) is 0 Å². The fourth-order valence-corrected chi connectivity index (χ4v) is 3.10. The molecular weight excluding hydrogens is 289 g/mol. The van der Waals surface area contributed by atoms with Crippen molar-refractivity contribution in [3.8, 4) is 5.75 Å². The molecule has 0 amide bonds. The molecule has 1 atom stereocenters. The first kappa shape index (κ1) is 12.2. The topological polar surface area (TPSA) is 21.3 Å². The molecular formula is C12H15BrClNO. The number of ether oxygens (including phenoxy) is 1. The molecule has 1 unspecified atom stereocenters. The summed E-state index contributed by atoms with van der Waals surface area (Å²) in [4.78, 5) is 0. The van der Waals surface area contributed by atoms with Gasteiger partial charge in [0.25, 0.3) is 0 Å². The zero-order chi connectivity index (χ0) is 11.8. The molecule has 16 heavy (non-hydrogen) atoms.